The number of nitrogens with zero attached hydrogens (tertiary/aromatic N) is 1. The van der Waals surface area contributed by atoms with Gasteiger partial charge in [0.25, 0.3) is 0 Å². The Morgan fingerprint density at radius 3 is 3.00 bits per heavy atom. The number of hydrogen-bond acceptors (Lipinski definition) is 3. The highest BCUT2D eigenvalue weighted by Gasteiger charge is 2.23. The van der Waals surface area contributed by atoms with E-state index in [1.54, 1.807) is 11.3 Å². The molecule has 0 unspecified atom stereocenters. The molecular formula is C9H13NOS. The maximum Gasteiger partial charge on any atom is 0.0793 e. The van der Waals surface area contributed by atoms with Crippen molar-refractivity contribution >= 4 is 11.3 Å². The van der Waals surface area contributed by atoms with Gasteiger partial charge in [0.2, 0.25) is 0 Å². The summed E-state index contributed by atoms with van der Waals surface area (Å²) in [7, 11) is 0. The lowest BCUT2D eigenvalue weighted by Gasteiger charge is -2.35. The van der Waals surface area contributed by atoms with Crippen LogP contribution in [0.2, 0.25) is 0 Å². The van der Waals surface area contributed by atoms with Gasteiger partial charge in [-0.1, -0.05) is 0 Å². The van der Waals surface area contributed by atoms with E-state index in [0.29, 0.717) is 0 Å². The number of aliphatic hydroxyl groups is 1. The van der Waals surface area contributed by atoms with E-state index in [9.17, 15) is 0 Å². The van der Waals surface area contributed by atoms with Crippen molar-refractivity contribution in [3.8, 4) is 0 Å². The summed E-state index contributed by atoms with van der Waals surface area (Å²) in [6.07, 6.45) is 1.06. The Bertz CT molecular complexity index is 229. The zero-order valence-electron chi connectivity index (χ0n) is 6.94. The minimum absolute atomic E-state index is 0.0625. The summed E-state index contributed by atoms with van der Waals surface area (Å²) in [5, 5.41) is 13.3. The summed E-state index contributed by atoms with van der Waals surface area (Å²) >= 11 is 1.75. The molecule has 1 aromatic heterocycles. The summed E-state index contributed by atoms with van der Waals surface area (Å²) < 4.78 is 0. The molecule has 0 atom stereocenters. The fourth-order valence-electron chi connectivity index (χ4n) is 1.45. The summed E-state index contributed by atoms with van der Waals surface area (Å²) in [6.45, 7) is 2.82. The van der Waals surface area contributed by atoms with Crippen molar-refractivity contribution in [3.63, 3.8) is 0 Å². The number of thiophene rings is 1. The molecule has 1 aliphatic rings. The second kappa shape index (κ2) is 3.56. The third kappa shape index (κ3) is 1.86. The van der Waals surface area contributed by atoms with E-state index >= 15 is 0 Å². The van der Waals surface area contributed by atoms with Gasteiger partial charge in [0.05, 0.1) is 6.10 Å². The van der Waals surface area contributed by atoms with Gasteiger partial charge < -0.3 is 5.11 Å². The number of rotatable bonds is 3. The largest absolute Gasteiger partial charge is 0.390 e. The Balaban J connectivity index is 1.70. The molecule has 1 aromatic rings. The molecule has 66 valence electrons. The van der Waals surface area contributed by atoms with Crippen LogP contribution in [-0.2, 0) is 6.42 Å². The van der Waals surface area contributed by atoms with Gasteiger partial charge in [-0.25, -0.2) is 0 Å². The third-order valence-electron chi connectivity index (χ3n) is 2.23. The van der Waals surface area contributed by atoms with Gasteiger partial charge in [-0.05, 0) is 28.8 Å². The number of β-amino-alcohol motifs (C(OH)–C–C–N with tert-alkyl or cyclic N) is 1. The summed E-state index contributed by atoms with van der Waals surface area (Å²) in [4.78, 5) is 2.28. The van der Waals surface area contributed by atoms with Crippen molar-refractivity contribution in [2.24, 2.45) is 0 Å². The zero-order chi connectivity index (χ0) is 8.39. The van der Waals surface area contributed by atoms with E-state index in [4.69, 9.17) is 5.11 Å². The van der Waals surface area contributed by atoms with E-state index in [1.807, 2.05) is 0 Å². The van der Waals surface area contributed by atoms with Crippen LogP contribution in [0.4, 0.5) is 0 Å². The first-order valence-corrected chi connectivity index (χ1v) is 5.20. The molecule has 2 nitrogen and oxygen atoms in total. The van der Waals surface area contributed by atoms with Crippen LogP contribution in [0.5, 0.6) is 0 Å². The molecule has 2 heterocycles. The first-order chi connectivity index (χ1) is 5.84. The van der Waals surface area contributed by atoms with Crippen molar-refractivity contribution in [3.05, 3.63) is 22.4 Å². The van der Waals surface area contributed by atoms with E-state index in [2.05, 4.69) is 21.7 Å². The molecule has 12 heavy (non-hydrogen) atoms. The quantitative estimate of drug-likeness (QED) is 0.754. The van der Waals surface area contributed by atoms with Crippen LogP contribution < -0.4 is 0 Å². The van der Waals surface area contributed by atoms with Crippen molar-refractivity contribution in [2.75, 3.05) is 19.6 Å². The van der Waals surface area contributed by atoms with Crippen LogP contribution >= 0.6 is 11.3 Å². The lowest BCUT2D eigenvalue weighted by Crippen LogP contribution is -2.51. The molecule has 0 saturated carbocycles. The fraction of sp³-hybridized carbons (Fsp3) is 0.556. The maximum absolute atomic E-state index is 9.04. The van der Waals surface area contributed by atoms with Crippen molar-refractivity contribution in [1.82, 2.24) is 4.90 Å². The van der Waals surface area contributed by atoms with Gasteiger partial charge in [-0.3, -0.25) is 4.90 Å². The minimum atomic E-state index is -0.0625. The minimum Gasteiger partial charge on any atom is -0.390 e. The number of likely N-dealkylation sites (tertiary alicyclic amines) is 1. The third-order valence-corrected chi connectivity index (χ3v) is 2.97. The lowest BCUT2D eigenvalue weighted by atomic mass is 10.1. The predicted octanol–water partition coefficient (Wildman–Crippen LogP) is 0.967. The Morgan fingerprint density at radius 2 is 2.42 bits per heavy atom. The molecule has 1 fully saturated rings. The van der Waals surface area contributed by atoms with E-state index in [0.717, 1.165) is 26.1 Å². The highest BCUT2D eigenvalue weighted by Crippen LogP contribution is 2.11. The molecule has 2 rings (SSSR count). The zero-order valence-corrected chi connectivity index (χ0v) is 7.76. The van der Waals surface area contributed by atoms with Gasteiger partial charge in [-0.2, -0.15) is 11.3 Å². The smallest absolute Gasteiger partial charge is 0.0793 e. The summed E-state index contributed by atoms with van der Waals surface area (Å²) in [5.41, 5.74) is 1.42. The fourth-order valence-corrected chi connectivity index (χ4v) is 2.15. The lowest BCUT2D eigenvalue weighted by molar-refractivity contribution is 0.00312. The average Bonchev–Trinajstić information content (AvgIpc) is 2.47. The molecule has 0 radical (unpaired) electrons. The van der Waals surface area contributed by atoms with Crippen LogP contribution in [0.25, 0.3) is 0 Å². The Kier molecular flexibility index (Phi) is 2.44. The molecule has 3 heteroatoms. The molecule has 0 bridgehead atoms. The molecule has 0 aliphatic carbocycles. The van der Waals surface area contributed by atoms with Gasteiger partial charge >= 0.3 is 0 Å². The SMILES string of the molecule is OC1CN(CCc2ccsc2)C1. The molecule has 0 aromatic carbocycles. The first-order valence-electron chi connectivity index (χ1n) is 4.26. The van der Waals surface area contributed by atoms with Crippen LogP contribution in [0, 0.1) is 0 Å². The predicted molar refractivity (Wildman–Crippen MR) is 50.5 cm³/mol. The average molecular weight is 183 g/mol. The molecule has 1 aliphatic heterocycles. The molecular weight excluding hydrogens is 170 g/mol. The normalized spacial score (nSPS) is 19.4. The van der Waals surface area contributed by atoms with Crippen LogP contribution in [0.15, 0.2) is 16.8 Å². The first kappa shape index (κ1) is 8.23. The molecule has 1 saturated heterocycles. The molecule has 1 N–H and O–H groups in total. The number of hydrogen-bond donors (Lipinski definition) is 1. The van der Waals surface area contributed by atoms with Crippen LogP contribution in [-0.4, -0.2) is 35.7 Å². The Hall–Kier alpha value is -0.380. The maximum atomic E-state index is 9.04. The highest BCUT2D eigenvalue weighted by atomic mass is 32.1. The van der Waals surface area contributed by atoms with E-state index < -0.39 is 0 Å². The standard InChI is InChI=1S/C9H13NOS/c11-9-5-10(6-9)3-1-8-2-4-12-7-8/h2,4,7,9,11H,1,3,5-6H2. The van der Waals surface area contributed by atoms with Gasteiger partial charge in [0.15, 0.2) is 0 Å². The molecule has 0 amide bonds. The second-order valence-corrected chi connectivity index (χ2v) is 4.08. The second-order valence-electron chi connectivity index (χ2n) is 3.29. The van der Waals surface area contributed by atoms with Gasteiger partial charge in [0, 0.05) is 19.6 Å². The summed E-state index contributed by atoms with van der Waals surface area (Å²) in [5.74, 6) is 0. The highest BCUT2D eigenvalue weighted by molar-refractivity contribution is 7.07. The van der Waals surface area contributed by atoms with Gasteiger partial charge in [0.1, 0.15) is 0 Å². The van der Waals surface area contributed by atoms with Crippen molar-refractivity contribution in [1.29, 1.82) is 0 Å². The molecule has 0 spiro atoms. The topological polar surface area (TPSA) is 23.5 Å². The van der Waals surface area contributed by atoms with E-state index in [1.165, 1.54) is 5.56 Å². The Morgan fingerprint density at radius 1 is 1.58 bits per heavy atom. The van der Waals surface area contributed by atoms with E-state index in [-0.39, 0.29) is 6.10 Å². The summed E-state index contributed by atoms with van der Waals surface area (Å²) in [6, 6.07) is 2.17. The van der Waals surface area contributed by atoms with Gasteiger partial charge in [-0.15, -0.1) is 0 Å². The monoisotopic (exact) mass is 183 g/mol. The number of aliphatic hydroxyl groups excluding tert-OH is 1. The van der Waals surface area contributed by atoms with Crippen molar-refractivity contribution < 1.29 is 5.11 Å². The Labute approximate surface area is 76.4 Å². The van der Waals surface area contributed by atoms with Crippen molar-refractivity contribution in [2.45, 2.75) is 12.5 Å². The van der Waals surface area contributed by atoms with Crippen LogP contribution in [0.3, 0.4) is 0 Å². The van der Waals surface area contributed by atoms with Crippen LogP contribution in [0.1, 0.15) is 5.56 Å².